The van der Waals surface area contributed by atoms with Crippen LogP contribution in [-0.2, 0) is 4.74 Å². The highest BCUT2D eigenvalue weighted by Gasteiger charge is 2.08. The maximum Gasteiger partial charge on any atom is 0.341 e. The molecule has 2 rings (SSSR count). The number of aromatic nitrogens is 2. The van der Waals surface area contributed by atoms with Gasteiger partial charge in [0.1, 0.15) is 0 Å². The molecule has 0 aliphatic carbocycles. The van der Waals surface area contributed by atoms with Crippen molar-refractivity contribution in [2.24, 2.45) is 0 Å². The first-order valence-corrected chi connectivity index (χ1v) is 6.09. The molecule has 0 aliphatic heterocycles. The van der Waals surface area contributed by atoms with E-state index in [-0.39, 0.29) is 0 Å². The number of nitrogens with zero attached hydrogens (tertiary/aromatic N) is 2. The third kappa shape index (κ3) is 3.42. The fraction of sp³-hybridized carbons (Fsp3) is 0.154. The van der Waals surface area contributed by atoms with Gasteiger partial charge in [-0.05, 0) is 19.1 Å². The van der Waals surface area contributed by atoms with Crippen LogP contribution >= 0.6 is 11.6 Å². The van der Waals surface area contributed by atoms with E-state index in [1.54, 1.807) is 13.0 Å². The second kappa shape index (κ2) is 6.15. The number of carbonyl (C=O) groups excluding carboxylic acids is 1. The highest BCUT2D eigenvalue weighted by atomic mass is 35.5. The van der Waals surface area contributed by atoms with Crippen molar-refractivity contribution in [3.8, 4) is 0 Å². The zero-order valence-corrected chi connectivity index (χ0v) is 11.0. The molecule has 0 radical (unpaired) electrons. The molecule has 0 amide bonds. The second-order valence-corrected chi connectivity index (χ2v) is 4.03. The average molecular weight is 278 g/mol. The van der Waals surface area contributed by atoms with Gasteiger partial charge in [-0.25, -0.2) is 14.8 Å². The summed E-state index contributed by atoms with van der Waals surface area (Å²) in [5.74, 6) is -0.0760. The Morgan fingerprint density at radius 1 is 1.32 bits per heavy atom. The van der Waals surface area contributed by atoms with Crippen LogP contribution in [0, 0.1) is 0 Å². The smallest absolute Gasteiger partial charge is 0.341 e. The third-order valence-corrected chi connectivity index (χ3v) is 2.61. The van der Waals surface area contributed by atoms with Gasteiger partial charge >= 0.3 is 5.97 Å². The molecule has 0 spiro atoms. The Labute approximate surface area is 115 Å². The Balaban J connectivity index is 2.11. The first-order chi connectivity index (χ1) is 9.20. The first kappa shape index (κ1) is 13.3. The predicted octanol–water partition coefficient (Wildman–Crippen LogP) is 3.05. The quantitative estimate of drug-likeness (QED) is 0.870. The number of hydrogen-bond donors (Lipinski definition) is 1. The van der Waals surface area contributed by atoms with E-state index in [2.05, 4.69) is 15.3 Å². The Hall–Kier alpha value is -2.14. The molecule has 0 bridgehead atoms. The van der Waals surface area contributed by atoms with E-state index in [4.69, 9.17) is 16.3 Å². The molecule has 6 heteroatoms. The lowest BCUT2D eigenvalue weighted by Gasteiger charge is -2.06. The minimum atomic E-state index is -0.438. The van der Waals surface area contributed by atoms with E-state index in [1.165, 1.54) is 12.4 Å². The van der Waals surface area contributed by atoms with Gasteiger partial charge < -0.3 is 10.1 Å². The van der Waals surface area contributed by atoms with E-state index in [0.29, 0.717) is 28.8 Å². The number of carbonyl (C=O) groups is 1. The van der Waals surface area contributed by atoms with Crippen molar-refractivity contribution < 1.29 is 9.53 Å². The van der Waals surface area contributed by atoms with Crippen LogP contribution in [0.25, 0.3) is 0 Å². The summed E-state index contributed by atoms with van der Waals surface area (Å²) in [6.45, 7) is 2.06. The highest BCUT2D eigenvalue weighted by molar-refractivity contribution is 6.33. The number of anilines is 2. The number of halogens is 1. The molecule has 0 aliphatic rings. The molecule has 0 unspecified atom stereocenters. The van der Waals surface area contributed by atoms with E-state index in [9.17, 15) is 4.79 Å². The van der Waals surface area contributed by atoms with Crippen LogP contribution in [0.3, 0.4) is 0 Å². The summed E-state index contributed by atoms with van der Waals surface area (Å²) in [6, 6.07) is 7.25. The van der Waals surface area contributed by atoms with Crippen molar-refractivity contribution in [3.05, 3.63) is 47.2 Å². The summed E-state index contributed by atoms with van der Waals surface area (Å²) >= 11 is 6.00. The zero-order chi connectivity index (χ0) is 13.7. The second-order valence-electron chi connectivity index (χ2n) is 3.62. The van der Waals surface area contributed by atoms with Crippen molar-refractivity contribution in [1.29, 1.82) is 0 Å². The Morgan fingerprint density at radius 2 is 2.00 bits per heavy atom. The monoisotopic (exact) mass is 277 g/mol. The van der Waals surface area contributed by atoms with Crippen molar-refractivity contribution in [2.75, 3.05) is 11.9 Å². The molecule has 0 saturated carbocycles. The summed E-state index contributed by atoms with van der Waals surface area (Å²) in [5.41, 5.74) is 1.01. The molecule has 19 heavy (non-hydrogen) atoms. The van der Waals surface area contributed by atoms with Crippen LogP contribution in [0.1, 0.15) is 17.3 Å². The summed E-state index contributed by atoms with van der Waals surface area (Å²) < 4.78 is 4.84. The summed E-state index contributed by atoms with van der Waals surface area (Å²) in [5, 5.41) is 3.53. The van der Waals surface area contributed by atoms with E-state index >= 15 is 0 Å². The molecule has 0 atom stereocenters. The number of benzene rings is 1. The molecule has 0 saturated heterocycles. The SMILES string of the molecule is CCOC(=O)c1cnc(Nc2ccccc2Cl)nc1. The number of nitrogens with one attached hydrogen (secondary N) is 1. The Morgan fingerprint density at radius 3 is 2.63 bits per heavy atom. The first-order valence-electron chi connectivity index (χ1n) is 5.71. The number of rotatable bonds is 4. The number of para-hydroxylation sites is 1. The lowest BCUT2D eigenvalue weighted by atomic mass is 10.3. The molecule has 2 aromatic rings. The number of hydrogen-bond acceptors (Lipinski definition) is 5. The van der Waals surface area contributed by atoms with Gasteiger partial charge in [0.25, 0.3) is 0 Å². The van der Waals surface area contributed by atoms with Crippen LogP contribution in [0.5, 0.6) is 0 Å². The lowest BCUT2D eigenvalue weighted by molar-refractivity contribution is 0.0525. The molecule has 1 N–H and O–H groups in total. The van der Waals surface area contributed by atoms with Gasteiger partial charge in [-0.1, -0.05) is 23.7 Å². The standard InChI is InChI=1S/C13H12ClN3O2/c1-2-19-12(18)9-7-15-13(16-8-9)17-11-6-4-3-5-10(11)14/h3-8H,2H2,1H3,(H,15,16,17). The van der Waals surface area contributed by atoms with Crippen molar-refractivity contribution >= 4 is 29.2 Å². The summed E-state index contributed by atoms with van der Waals surface area (Å²) in [4.78, 5) is 19.5. The number of esters is 1. The van der Waals surface area contributed by atoms with Crippen LogP contribution in [0.2, 0.25) is 5.02 Å². The molecule has 1 aromatic carbocycles. The van der Waals surface area contributed by atoms with Gasteiger partial charge in [0.2, 0.25) is 5.95 Å². The topological polar surface area (TPSA) is 64.1 Å². The van der Waals surface area contributed by atoms with E-state index < -0.39 is 5.97 Å². The molecular formula is C13H12ClN3O2. The molecular weight excluding hydrogens is 266 g/mol. The van der Waals surface area contributed by atoms with Gasteiger partial charge in [0, 0.05) is 12.4 Å². The van der Waals surface area contributed by atoms with Crippen LogP contribution in [-0.4, -0.2) is 22.5 Å². The maximum absolute atomic E-state index is 11.4. The van der Waals surface area contributed by atoms with Crippen LogP contribution in [0.15, 0.2) is 36.7 Å². The predicted molar refractivity (Wildman–Crippen MR) is 72.7 cm³/mol. The van der Waals surface area contributed by atoms with E-state index in [0.717, 1.165) is 0 Å². The van der Waals surface area contributed by atoms with Crippen molar-refractivity contribution in [2.45, 2.75) is 6.92 Å². The highest BCUT2D eigenvalue weighted by Crippen LogP contribution is 2.22. The molecule has 0 fully saturated rings. The normalized spacial score (nSPS) is 10.0. The van der Waals surface area contributed by atoms with Crippen LogP contribution < -0.4 is 5.32 Å². The summed E-state index contributed by atoms with van der Waals surface area (Å²) in [7, 11) is 0. The fourth-order valence-electron chi connectivity index (χ4n) is 1.40. The largest absolute Gasteiger partial charge is 0.462 e. The van der Waals surface area contributed by atoms with Crippen molar-refractivity contribution in [3.63, 3.8) is 0 Å². The van der Waals surface area contributed by atoms with Gasteiger partial charge in [0.05, 0.1) is 22.9 Å². The van der Waals surface area contributed by atoms with Gasteiger partial charge in [0.15, 0.2) is 0 Å². The Kier molecular flexibility index (Phi) is 4.30. The minimum absolute atomic E-state index is 0.312. The van der Waals surface area contributed by atoms with E-state index in [1.807, 2.05) is 18.2 Å². The number of ether oxygens (including phenoxy) is 1. The third-order valence-electron chi connectivity index (χ3n) is 2.28. The van der Waals surface area contributed by atoms with Gasteiger partial charge in [-0.2, -0.15) is 0 Å². The lowest BCUT2D eigenvalue weighted by Crippen LogP contribution is -2.07. The van der Waals surface area contributed by atoms with Crippen LogP contribution in [0.4, 0.5) is 11.6 Å². The maximum atomic E-state index is 11.4. The molecule has 1 aromatic heterocycles. The minimum Gasteiger partial charge on any atom is -0.462 e. The fourth-order valence-corrected chi connectivity index (χ4v) is 1.58. The average Bonchev–Trinajstić information content (AvgIpc) is 2.42. The summed E-state index contributed by atoms with van der Waals surface area (Å²) in [6.07, 6.45) is 2.81. The zero-order valence-electron chi connectivity index (χ0n) is 10.3. The molecule has 98 valence electrons. The van der Waals surface area contributed by atoms with Gasteiger partial charge in [-0.3, -0.25) is 0 Å². The Bertz CT molecular complexity index is 572. The van der Waals surface area contributed by atoms with Gasteiger partial charge in [-0.15, -0.1) is 0 Å². The molecule has 5 nitrogen and oxygen atoms in total. The molecule has 1 heterocycles. The van der Waals surface area contributed by atoms with Crippen molar-refractivity contribution in [1.82, 2.24) is 9.97 Å².